The van der Waals surface area contributed by atoms with E-state index in [9.17, 15) is 0 Å². The Labute approximate surface area is 136 Å². The van der Waals surface area contributed by atoms with Crippen LogP contribution in [0.1, 0.15) is 83.2 Å². The van der Waals surface area contributed by atoms with Crippen molar-refractivity contribution in [2.75, 3.05) is 0 Å². The molecule has 0 amide bonds. The van der Waals surface area contributed by atoms with Crippen molar-refractivity contribution in [1.82, 2.24) is 0 Å². The average molecular weight is 307 g/mol. The second-order valence-corrected chi connectivity index (χ2v) is 8.57. The van der Waals surface area contributed by atoms with Gasteiger partial charge in [-0.25, -0.2) is 0 Å². The summed E-state index contributed by atoms with van der Waals surface area (Å²) in [5.74, 6) is 0.595. The molecule has 1 aliphatic rings. The predicted molar refractivity (Wildman–Crippen MR) is 94.1 cm³/mol. The topological polar surface area (TPSA) is 0 Å². The van der Waals surface area contributed by atoms with E-state index < -0.39 is 0 Å². The summed E-state index contributed by atoms with van der Waals surface area (Å²) in [5, 5.41) is 0.152. The average Bonchev–Trinajstić information content (AvgIpc) is 2.46. The first-order chi connectivity index (χ1) is 9.78. The second kappa shape index (κ2) is 6.32. The number of hydrogen-bond donors (Lipinski definition) is 0. The zero-order chi connectivity index (χ0) is 15.7. The highest BCUT2D eigenvalue weighted by Crippen LogP contribution is 2.49. The molecule has 118 valence electrons. The Hall–Kier alpha value is -0.490. The third-order valence-corrected chi connectivity index (χ3v) is 6.39. The van der Waals surface area contributed by atoms with Crippen molar-refractivity contribution < 1.29 is 0 Å². The predicted octanol–water partition coefficient (Wildman–Crippen LogP) is 6.87. The van der Waals surface area contributed by atoms with Gasteiger partial charge in [-0.15, -0.1) is 11.6 Å². The molecule has 1 saturated carbocycles. The van der Waals surface area contributed by atoms with Crippen LogP contribution in [-0.4, -0.2) is 0 Å². The fourth-order valence-electron chi connectivity index (χ4n) is 3.62. The maximum Gasteiger partial charge on any atom is 0.0618 e. The number of alkyl halides is 1. The van der Waals surface area contributed by atoms with Crippen molar-refractivity contribution in [2.45, 2.75) is 77.5 Å². The van der Waals surface area contributed by atoms with Gasteiger partial charge < -0.3 is 0 Å². The Morgan fingerprint density at radius 2 is 1.81 bits per heavy atom. The first-order valence-corrected chi connectivity index (χ1v) is 8.96. The number of rotatable bonds is 4. The van der Waals surface area contributed by atoms with Crippen LogP contribution in [0, 0.1) is 11.3 Å². The fraction of sp³-hybridized carbons (Fsp3) is 0.700. The Kier molecular flexibility index (Phi) is 5.08. The lowest BCUT2D eigenvalue weighted by Crippen LogP contribution is -2.30. The molecule has 0 heterocycles. The van der Waals surface area contributed by atoms with Crippen LogP contribution in [-0.2, 0) is 5.41 Å². The van der Waals surface area contributed by atoms with E-state index in [1.54, 1.807) is 0 Å². The summed E-state index contributed by atoms with van der Waals surface area (Å²) in [6.07, 6.45) is 6.42. The van der Waals surface area contributed by atoms with Gasteiger partial charge >= 0.3 is 0 Å². The van der Waals surface area contributed by atoms with E-state index in [0.717, 1.165) is 6.42 Å². The molecular formula is C20H31Cl. The van der Waals surface area contributed by atoms with Gasteiger partial charge in [-0.2, -0.15) is 0 Å². The lowest BCUT2D eigenvalue weighted by molar-refractivity contribution is 0.133. The van der Waals surface area contributed by atoms with E-state index in [-0.39, 0.29) is 10.8 Å². The van der Waals surface area contributed by atoms with Crippen molar-refractivity contribution >= 4 is 11.6 Å². The molecule has 0 radical (unpaired) electrons. The van der Waals surface area contributed by atoms with Gasteiger partial charge in [-0.3, -0.25) is 0 Å². The Morgan fingerprint density at radius 1 is 1.19 bits per heavy atom. The SMILES string of the molecule is CCC(C)(C)c1ccc(C(Cl)C2CCCCC2(C)C)cc1. The molecule has 2 atom stereocenters. The first kappa shape index (κ1) is 16.9. The summed E-state index contributed by atoms with van der Waals surface area (Å²) in [7, 11) is 0. The molecule has 1 heteroatoms. The van der Waals surface area contributed by atoms with Gasteiger partial charge in [0, 0.05) is 0 Å². The van der Waals surface area contributed by atoms with Crippen LogP contribution < -0.4 is 0 Å². The summed E-state index contributed by atoms with van der Waals surface area (Å²) in [5.41, 5.74) is 3.34. The van der Waals surface area contributed by atoms with Crippen molar-refractivity contribution in [3.8, 4) is 0 Å². The van der Waals surface area contributed by atoms with E-state index >= 15 is 0 Å². The van der Waals surface area contributed by atoms with Crippen LogP contribution in [0.4, 0.5) is 0 Å². The molecule has 0 aliphatic heterocycles. The lowest BCUT2D eigenvalue weighted by Gasteiger charge is -2.41. The molecule has 2 rings (SSSR count). The molecule has 1 fully saturated rings. The van der Waals surface area contributed by atoms with Gasteiger partial charge in [0.25, 0.3) is 0 Å². The molecule has 0 N–H and O–H groups in total. The molecule has 1 aromatic rings. The maximum atomic E-state index is 6.87. The van der Waals surface area contributed by atoms with Gasteiger partial charge in [0.2, 0.25) is 0 Å². The number of halogens is 1. The summed E-state index contributed by atoms with van der Waals surface area (Å²) in [4.78, 5) is 0. The summed E-state index contributed by atoms with van der Waals surface area (Å²) in [6.45, 7) is 11.7. The second-order valence-electron chi connectivity index (χ2n) is 8.10. The number of hydrogen-bond acceptors (Lipinski definition) is 0. The van der Waals surface area contributed by atoms with E-state index in [4.69, 9.17) is 11.6 Å². The van der Waals surface area contributed by atoms with Crippen LogP contribution in [0.2, 0.25) is 0 Å². The van der Waals surface area contributed by atoms with Crippen molar-refractivity contribution in [2.24, 2.45) is 11.3 Å². The van der Waals surface area contributed by atoms with E-state index in [2.05, 4.69) is 58.9 Å². The van der Waals surface area contributed by atoms with Gasteiger partial charge in [0.05, 0.1) is 5.38 Å². The number of benzene rings is 1. The fourth-order valence-corrected chi connectivity index (χ4v) is 4.23. The highest BCUT2D eigenvalue weighted by atomic mass is 35.5. The van der Waals surface area contributed by atoms with Crippen LogP contribution in [0.5, 0.6) is 0 Å². The molecule has 0 saturated heterocycles. The monoisotopic (exact) mass is 306 g/mol. The Morgan fingerprint density at radius 3 is 2.33 bits per heavy atom. The van der Waals surface area contributed by atoms with E-state index in [1.807, 2.05) is 0 Å². The maximum absolute atomic E-state index is 6.87. The zero-order valence-corrected chi connectivity index (χ0v) is 15.1. The van der Waals surface area contributed by atoms with Gasteiger partial charge in [0.15, 0.2) is 0 Å². The third-order valence-electron chi connectivity index (χ3n) is 5.84. The summed E-state index contributed by atoms with van der Waals surface area (Å²) in [6, 6.07) is 9.08. The smallest absolute Gasteiger partial charge is 0.0618 e. The third kappa shape index (κ3) is 3.65. The highest BCUT2D eigenvalue weighted by Gasteiger charge is 2.37. The molecule has 0 aromatic heterocycles. The molecule has 0 bridgehead atoms. The summed E-state index contributed by atoms with van der Waals surface area (Å²) >= 11 is 6.87. The molecule has 0 spiro atoms. The van der Waals surface area contributed by atoms with Crippen LogP contribution in [0.3, 0.4) is 0 Å². The Balaban J connectivity index is 2.18. The quantitative estimate of drug-likeness (QED) is 0.532. The van der Waals surface area contributed by atoms with Crippen LogP contribution >= 0.6 is 11.6 Å². The normalized spacial score (nSPS) is 23.8. The Bertz CT molecular complexity index is 455. The standard InChI is InChI=1S/C20H31Cl/c1-6-19(2,3)16-12-10-15(11-13-16)18(21)17-9-7-8-14-20(17,4)5/h10-13,17-18H,6-9,14H2,1-5H3. The minimum atomic E-state index is 0.152. The van der Waals surface area contributed by atoms with Gasteiger partial charge in [0.1, 0.15) is 0 Å². The highest BCUT2D eigenvalue weighted by molar-refractivity contribution is 6.21. The first-order valence-electron chi connectivity index (χ1n) is 8.52. The molecule has 2 unspecified atom stereocenters. The summed E-state index contributed by atoms with van der Waals surface area (Å²) < 4.78 is 0. The van der Waals surface area contributed by atoms with Gasteiger partial charge in [-0.05, 0) is 47.1 Å². The molecular weight excluding hydrogens is 276 g/mol. The van der Waals surface area contributed by atoms with Crippen molar-refractivity contribution in [3.05, 3.63) is 35.4 Å². The van der Waals surface area contributed by atoms with Crippen molar-refractivity contribution in [3.63, 3.8) is 0 Å². The van der Waals surface area contributed by atoms with Crippen molar-refractivity contribution in [1.29, 1.82) is 0 Å². The van der Waals surface area contributed by atoms with E-state index in [1.165, 1.54) is 36.8 Å². The van der Waals surface area contributed by atoms with E-state index in [0.29, 0.717) is 11.3 Å². The van der Waals surface area contributed by atoms with Gasteiger partial charge in [-0.1, -0.05) is 71.7 Å². The molecule has 1 aliphatic carbocycles. The minimum Gasteiger partial charge on any atom is -0.118 e. The largest absolute Gasteiger partial charge is 0.118 e. The molecule has 0 nitrogen and oxygen atoms in total. The van der Waals surface area contributed by atoms with Crippen LogP contribution in [0.25, 0.3) is 0 Å². The molecule has 21 heavy (non-hydrogen) atoms. The lowest BCUT2D eigenvalue weighted by atomic mass is 9.66. The van der Waals surface area contributed by atoms with Crippen LogP contribution in [0.15, 0.2) is 24.3 Å². The minimum absolute atomic E-state index is 0.152. The zero-order valence-electron chi connectivity index (χ0n) is 14.4. The molecule has 1 aromatic carbocycles.